The highest BCUT2D eigenvalue weighted by Crippen LogP contribution is 2.33. The first-order chi connectivity index (χ1) is 10.9. The first-order valence-corrected chi connectivity index (χ1v) is 11.3. The summed E-state index contributed by atoms with van der Waals surface area (Å²) in [6.45, 7) is 3.73. The van der Waals surface area contributed by atoms with Crippen LogP contribution in [-0.2, 0) is 13.0 Å². The lowest BCUT2D eigenvalue weighted by Crippen LogP contribution is -2.57. The van der Waals surface area contributed by atoms with Crippen molar-refractivity contribution >= 4 is 25.7 Å². The number of hydrogen-bond acceptors (Lipinski definition) is 1. The molecule has 0 radical (unpaired) electrons. The van der Waals surface area contributed by atoms with Gasteiger partial charge in [0.05, 0.1) is 8.07 Å². The maximum absolute atomic E-state index is 2.67. The molecule has 2 aliphatic heterocycles. The molecule has 0 atom stereocenters. The number of fused-ring (bicyclic) bond motifs is 2. The van der Waals surface area contributed by atoms with Crippen molar-refractivity contribution in [3.63, 3.8) is 0 Å². The Morgan fingerprint density at radius 3 is 2.30 bits per heavy atom. The highest BCUT2D eigenvalue weighted by molar-refractivity contribution is 6.92. The van der Waals surface area contributed by atoms with E-state index in [9.17, 15) is 0 Å². The van der Waals surface area contributed by atoms with E-state index in [1.54, 1.807) is 10.8 Å². The zero-order valence-corrected chi connectivity index (χ0v) is 15.5. The van der Waals surface area contributed by atoms with Crippen LogP contribution in [0.3, 0.4) is 0 Å². The van der Waals surface area contributed by atoms with Crippen molar-refractivity contribution in [2.75, 3.05) is 13.1 Å². The fourth-order valence-corrected chi connectivity index (χ4v) is 9.75. The predicted molar refractivity (Wildman–Crippen MR) is 104 cm³/mol. The molecule has 2 aromatic rings. The SMILES string of the molecule is Cl.c1ccc(CN2CC[Si]3(CCCc4ccccc43)CC2)cc1. The fraction of sp³-hybridized carbons (Fsp3) is 0.400. The Morgan fingerprint density at radius 2 is 1.52 bits per heavy atom. The zero-order chi connectivity index (χ0) is 14.8. The fourth-order valence-electron chi connectivity index (χ4n) is 4.51. The summed E-state index contributed by atoms with van der Waals surface area (Å²) in [6.07, 6.45) is 2.75. The van der Waals surface area contributed by atoms with Crippen molar-refractivity contribution in [1.29, 1.82) is 0 Å². The van der Waals surface area contributed by atoms with Gasteiger partial charge in [0.25, 0.3) is 0 Å². The molecule has 122 valence electrons. The van der Waals surface area contributed by atoms with Gasteiger partial charge in [0.2, 0.25) is 0 Å². The molecule has 1 fully saturated rings. The van der Waals surface area contributed by atoms with Crippen LogP contribution in [0.2, 0.25) is 18.1 Å². The summed E-state index contributed by atoms with van der Waals surface area (Å²) in [7, 11) is -1.19. The highest BCUT2D eigenvalue weighted by atomic mass is 35.5. The highest BCUT2D eigenvalue weighted by Gasteiger charge is 2.40. The Balaban J connectivity index is 0.00000156. The molecule has 2 heterocycles. The Hall–Kier alpha value is -1.09. The van der Waals surface area contributed by atoms with Gasteiger partial charge in [-0.25, -0.2) is 0 Å². The summed E-state index contributed by atoms with van der Waals surface area (Å²) in [5, 5.41) is 1.81. The summed E-state index contributed by atoms with van der Waals surface area (Å²) in [4.78, 5) is 2.67. The summed E-state index contributed by atoms with van der Waals surface area (Å²) >= 11 is 0. The van der Waals surface area contributed by atoms with Gasteiger partial charge in [-0.05, 0) is 42.7 Å². The summed E-state index contributed by atoms with van der Waals surface area (Å²) in [6, 6.07) is 24.8. The summed E-state index contributed by atoms with van der Waals surface area (Å²) in [5.74, 6) is 0. The smallest absolute Gasteiger partial charge is 0.0895 e. The van der Waals surface area contributed by atoms with Crippen molar-refractivity contribution in [2.24, 2.45) is 0 Å². The molecule has 1 nitrogen and oxygen atoms in total. The lowest BCUT2D eigenvalue weighted by Gasteiger charge is -2.44. The summed E-state index contributed by atoms with van der Waals surface area (Å²) in [5.41, 5.74) is 3.14. The van der Waals surface area contributed by atoms with E-state index in [1.807, 2.05) is 0 Å². The molecule has 1 spiro atoms. The third-order valence-electron chi connectivity index (χ3n) is 5.75. The van der Waals surface area contributed by atoms with Gasteiger partial charge < -0.3 is 0 Å². The van der Waals surface area contributed by atoms with Gasteiger partial charge in [-0.3, -0.25) is 4.90 Å². The zero-order valence-electron chi connectivity index (χ0n) is 13.7. The predicted octanol–water partition coefficient (Wildman–Crippen LogP) is 4.23. The average molecular weight is 344 g/mol. The number of halogens is 1. The number of aryl methyl sites for hydroxylation is 1. The average Bonchev–Trinajstić information content (AvgIpc) is 2.59. The third-order valence-corrected chi connectivity index (χ3v) is 11.1. The molecule has 3 heteroatoms. The summed E-state index contributed by atoms with van der Waals surface area (Å²) < 4.78 is 0. The first-order valence-electron chi connectivity index (χ1n) is 8.70. The van der Waals surface area contributed by atoms with E-state index in [1.165, 1.54) is 49.6 Å². The lowest BCUT2D eigenvalue weighted by atomic mass is 10.1. The van der Waals surface area contributed by atoms with Crippen LogP contribution in [0.1, 0.15) is 17.5 Å². The van der Waals surface area contributed by atoms with Crippen molar-refractivity contribution in [2.45, 2.75) is 37.5 Å². The Bertz CT molecular complexity index is 635. The number of benzene rings is 2. The minimum Gasteiger partial charge on any atom is -0.300 e. The lowest BCUT2D eigenvalue weighted by molar-refractivity contribution is 0.281. The molecular weight excluding hydrogens is 318 g/mol. The van der Waals surface area contributed by atoms with Crippen LogP contribution in [0.5, 0.6) is 0 Å². The molecule has 0 unspecified atom stereocenters. The van der Waals surface area contributed by atoms with Crippen LogP contribution in [0.15, 0.2) is 54.6 Å². The van der Waals surface area contributed by atoms with Gasteiger partial charge in [-0.1, -0.05) is 72.2 Å². The van der Waals surface area contributed by atoms with Gasteiger partial charge in [-0.15, -0.1) is 12.4 Å². The van der Waals surface area contributed by atoms with Crippen LogP contribution in [-0.4, -0.2) is 26.1 Å². The van der Waals surface area contributed by atoms with Crippen molar-refractivity contribution < 1.29 is 0 Å². The van der Waals surface area contributed by atoms with Gasteiger partial charge in [0.1, 0.15) is 0 Å². The molecule has 0 amide bonds. The van der Waals surface area contributed by atoms with E-state index >= 15 is 0 Å². The van der Waals surface area contributed by atoms with Crippen LogP contribution >= 0.6 is 12.4 Å². The van der Waals surface area contributed by atoms with Crippen LogP contribution in [0.25, 0.3) is 0 Å². The topological polar surface area (TPSA) is 3.24 Å². The number of hydrogen-bond donors (Lipinski definition) is 0. The van der Waals surface area contributed by atoms with E-state index in [0.717, 1.165) is 6.54 Å². The third kappa shape index (κ3) is 3.40. The van der Waals surface area contributed by atoms with E-state index in [4.69, 9.17) is 0 Å². The minimum absolute atomic E-state index is 0. The molecule has 1 saturated heterocycles. The number of rotatable bonds is 2. The second-order valence-electron chi connectivity index (χ2n) is 7.05. The Labute approximate surface area is 147 Å². The second kappa shape index (κ2) is 7.21. The number of nitrogens with zero attached hydrogens (tertiary/aromatic N) is 1. The van der Waals surface area contributed by atoms with Crippen LogP contribution < -0.4 is 5.19 Å². The molecule has 0 bridgehead atoms. The molecule has 23 heavy (non-hydrogen) atoms. The minimum atomic E-state index is -1.19. The standard InChI is InChI=1S/C20H25NSi.ClH/c1-2-7-18(8-3-1)17-21-12-15-22(16-13-21)14-6-10-19-9-4-5-11-20(19)22;/h1-5,7-9,11H,6,10,12-17H2;1H. The molecule has 0 aromatic heterocycles. The van der Waals surface area contributed by atoms with Crippen LogP contribution in [0, 0.1) is 0 Å². The van der Waals surface area contributed by atoms with Gasteiger partial charge in [0.15, 0.2) is 0 Å². The normalized spacial score (nSPS) is 19.8. The molecule has 0 aliphatic carbocycles. The van der Waals surface area contributed by atoms with Gasteiger partial charge in [-0.2, -0.15) is 0 Å². The van der Waals surface area contributed by atoms with E-state index in [-0.39, 0.29) is 12.4 Å². The van der Waals surface area contributed by atoms with Gasteiger partial charge >= 0.3 is 0 Å². The Kier molecular flexibility index (Phi) is 5.25. The van der Waals surface area contributed by atoms with Crippen molar-refractivity contribution in [1.82, 2.24) is 4.90 Å². The van der Waals surface area contributed by atoms with Crippen LogP contribution in [0.4, 0.5) is 0 Å². The van der Waals surface area contributed by atoms with E-state index in [0.29, 0.717) is 0 Å². The maximum atomic E-state index is 2.67. The van der Waals surface area contributed by atoms with Crippen molar-refractivity contribution in [3.8, 4) is 0 Å². The first kappa shape index (κ1) is 16.8. The molecule has 2 aliphatic rings. The second-order valence-corrected chi connectivity index (χ2v) is 11.7. The van der Waals surface area contributed by atoms with E-state index in [2.05, 4.69) is 59.5 Å². The monoisotopic (exact) mass is 343 g/mol. The van der Waals surface area contributed by atoms with Crippen molar-refractivity contribution in [3.05, 3.63) is 65.7 Å². The quantitative estimate of drug-likeness (QED) is 0.738. The molecular formula is C20H26ClNSi. The molecule has 0 saturated carbocycles. The van der Waals surface area contributed by atoms with E-state index < -0.39 is 8.07 Å². The Morgan fingerprint density at radius 1 is 0.826 bits per heavy atom. The largest absolute Gasteiger partial charge is 0.300 e. The maximum Gasteiger partial charge on any atom is 0.0895 e. The molecule has 2 aromatic carbocycles. The molecule has 4 rings (SSSR count). The van der Waals surface area contributed by atoms with Gasteiger partial charge in [0, 0.05) is 6.54 Å². The molecule has 0 N–H and O–H groups in total.